The van der Waals surface area contributed by atoms with Crippen molar-refractivity contribution in [1.29, 1.82) is 0 Å². The number of hydrogen-bond donors (Lipinski definition) is 1. The molecule has 3 rings (SSSR count). The Morgan fingerprint density at radius 2 is 2.05 bits per heavy atom. The van der Waals surface area contributed by atoms with Gasteiger partial charge >= 0.3 is 0 Å². The lowest BCUT2D eigenvalue weighted by atomic mass is 10.3. The molecule has 1 saturated carbocycles. The molecule has 0 radical (unpaired) electrons. The Morgan fingerprint density at radius 1 is 1.25 bits per heavy atom. The van der Waals surface area contributed by atoms with Crippen molar-refractivity contribution >= 4 is 28.9 Å². The fraction of sp³-hybridized carbons (Fsp3) is 0.357. The summed E-state index contributed by atoms with van der Waals surface area (Å²) in [7, 11) is 3.92. The lowest BCUT2D eigenvalue weighted by Crippen LogP contribution is -2.10. The predicted molar refractivity (Wildman–Crippen MR) is 80.9 cm³/mol. The monoisotopic (exact) mass is 289 g/mol. The van der Waals surface area contributed by atoms with E-state index in [1.165, 1.54) is 0 Å². The molecular formula is C14H16ClN5. The Hall–Kier alpha value is -1.88. The standard InChI is InChI=1S/C14H16ClN5/c1-20(2)13-6-5-10(8-16-13)17-12-7-11(15)18-14(19-12)9-3-4-9/h5-9H,3-4H2,1-2H3,(H,17,18,19). The van der Waals surface area contributed by atoms with Gasteiger partial charge in [-0.3, -0.25) is 0 Å². The van der Waals surface area contributed by atoms with Gasteiger partial charge in [0.05, 0.1) is 11.9 Å². The Balaban J connectivity index is 1.79. The number of anilines is 3. The number of aromatic nitrogens is 3. The summed E-state index contributed by atoms with van der Waals surface area (Å²) in [5.41, 5.74) is 0.882. The van der Waals surface area contributed by atoms with Crippen molar-refractivity contribution in [1.82, 2.24) is 15.0 Å². The van der Waals surface area contributed by atoms with E-state index in [-0.39, 0.29) is 0 Å². The Labute approximate surface area is 123 Å². The first-order valence-electron chi connectivity index (χ1n) is 6.57. The number of nitrogens with zero attached hydrogens (tertiary/aromatic N) is 4. The Kier molecular flexibility index (Phi) is 3.44. The number of nitrogens with one attached hydrogen (secondary N) is 1. The van der Waals surface area contributed by atoms with E-state index in [2.05, 4.69) is 20.3 Å². The van der Waals surface area contributed by atoms with Gasteiger partial charge in [-0.2, -0.15) is 0 Å². The highest BCUT2D eigenvalue weighted by Gasteiger charge is 2.27. The fourth-order valence-corrected chi connectivity index (χ4v) is 2.09. The summed E-state index contributed by atoms with van der Waals surface area (Å²) in [6.07, 6.45) is 4.08. The maximum absolute atomic E-state index is 6.04. The van der Waals surface area contributed by atoms with Crippen LogP contribution in [0.1, 0.15) is 24.6 Å². The zero-order chi connectivity index (χ0) is 14.1. The van der Waals surface area contributed by atoms with Crippen molar-refractivity contribution in [3.63, 3.8) is 0 Å². The van der Waals surface area contributed by atoms with Gasteiger partial charge in [0.25, 0.3) is 0 Å². The molecule has 0 saturated heterocycles. The molecule has 0 aliphatic heterocycles. The van der Waals surface area contributed by atoms with E-state index < -0.39 is 0 Å². The van der Waals surface area contributed by atoms with Crippen LogP contribution in [-0.4, -0.2) is 29.0 Å². The van der Waals surface area contributed by atoms with Crippen molar-refractivity contribution in [2.45, 2.75) is 18.8 Å². The second-order valence-electron chi connectivity index (χ2n) is 5.13. The molecule has 0 amide bonds. The molecule has 1 aliphatic carbocycles. The molecule has 0 aromatic carbocycles. The number of rotatable bonds is 4. The molecule has 1 fully saturated rings. The summed E-state index contributed by atoms with van der Waals surface area (Å²) < 4.78 is 0. The summed E-state index contributed by atoms with van der Waals surface area (Å²) in [5.74, 6) is 2.93. The Bertz CT molecular complexity index is 607. The van der Waals surface area contributed by atoms with Gasteiger partial charge in [0.15, 0.2) is 0 Å². The van der Waals surface area contributed by atoms with E-state index in [0.29, 0.717) is 16.9 Å². The van der Waals surface area contributed by atoms with E-state index in [1.807, 2.05) is 31.1 Å². The first kappa shape index (κ1) is 13.1. The molecule has 20 heavy (non-hydrogen) atoms. The van der Waals surface area contributed by atoms with Gasteiger partial charge in [0, 0.05) is 26.1 Å². The predicted octanol–water partition coefficient (Wildman–Crippen LogP) is 3.21. The normalized spacial score (nSPS) is 14.2. The first-order valence-corrected chi connectivity index (χ1v) is 6.94. The smallest absolute Gasteiger partial charge is 0.135 e. The molecule has 0 spiro atoms. The van der Waals surface area contributed by atoms with Gasteiger partial charge in [0.1, 0.15) is 22.6 Å². The first-order chi connectivity index (χ1) is 9.61. The molecule has 6 heteroatoms. The zero-order valence-electron chi connectivity index (χ0n) is 11.5. The number of hydrogen-bond acceptors (Lipinski definition) is 5. The average molecular weight is 290 g/mol. The van der Waals surface area contributed by atoms with E-state index >= 15 is 0 Å². The van der Waals surface area contributed by atoms with Crippen LogP contribution >= 0.6 is 11.6 Å². The summed E-state index contributed by atoms with van der Waals surface area (Å²) in [5, 5.41) is 3.69. The third-order valence-corrected chi connectivity index (χ3v) is 3.33. The largest absolute Gasteiger partial charge is 0.363 e. The van der Waals surface area contributed by atoms with E-state index in [0.717, 1.165) is 30.2 Å². The lowest BCUT2D eigenvalue weighted by Gasteiger charge is -2.12. The molecule has 0 unspecified atom stereocenters. The third-order valence-electron chi connectivity index (χ3n) is 3.13. The second-order valence-corrected chi connectivity index (χ2v) is 5.52. The van der Waals surface area contributed by atoms with Crippen LogP contribution in [0.15, 0.2) is 24.4 Å². The van der Waals surface area contributed by atoms with Crippen LogP contribution in [-0.2, 0) is 0 Å². The highest BCUT2D eigenvalue weighted by atomic mass is 35.5. The van der Waals surface area contributed by atoms with E-state index in [4.69, 9.17) is 11.6 Å². The summed E-state index contributed by atoms with van der Waals surface area (Å²) in [6.45, 7) is 0. The van der Waals surface area contributed by atoms with Gasteiger partial charge in [-0.05, 0) is 25.0 Å². The van der Waals surface area contributed by atoms with Crippen LogP contribution in [0.25, 0.3) is 0 Å². The van der Waals surface area contributed by atoms with Gasteiger partial charge < -0.3 is 10.2 Å². The number of pyridine rings is 1. The van der Waals surface area contributed by atoms with Crippen molar-refractivity contribution in [3.05, 3.63) is 35.4 Å². The molecule has 2 aromatic rings. The summed E-state index contributed by atoms with van der Waals surface area (Å²) in [6, 6.07) is 5.65. The minimum Gasteiger partial charge on any atom is -0.363 e. The molecule has 1 aliphatic rings. The minimum absolute atomic E-state index is 0.474. The highest BCUT2D eigenvalue weighted by Crippen LogP contribution is 2.38. The Morgan fingerprint density at radius 3 is 2.65 bits per heavy atom. The average Bonchev–Trinajstić information content (AvgIpc) is 3.23. The minimum atomic E-state index is 0.474. The van der Waals surface area contributed by atoms with Crippen LogP contribution in [0.3, 0.4) is 0 Å². The van der Waals surface area contributed by atoms with Crippen molar-refractivity contribution < 1.29 is 0 Å². The van der Waals surface area contributed by atoms with Crippen molar-refractivity contribution in [2.24, 2.45) is 0 Å². The molecule has 5 nitrogen and oxygen atoms in total. The molecular weight excluding hydrogens is 274 g/mol. The van der Waals surface area contributed by atoms with Crippen LogP contribution in [0.5, 0.6) is 0 Å². The lowest BCUT2D eigenvalue weighted by molar-refractivity contribution is 0.930. The van der Waals surface area contributed by atoms with Crippen LogP contribution in [0, 0.1) is 0 Å². The number of halogens is 1. The fourth-order valence-electron chi connectivity index (χ4n) is 1.90. The zero-order valence-corrected chi connectivity index (χ0v) is 12.2. The SMILES string of the molecule is CN(C)c1ccc(Nc2cc(Cl)nc(C3CC3)n2)cn1. The summed E-state index contributed by atoms with van der Waals surface area (Å²) in [4.78, 5) is 15.1. The van der Waals surface area contributed by atoms with Crippen molar-refractivity contribution in [3.8, 4) is 0 Å². The van der Waals surface area contributed by atoms with Gasteiger partial charge in [-0.1, -0.05) is 11.6 Å². The second kappa shape index (κ2) is 5.25. The topological polar surface area (TPSA) is 53.9 Å². The van der Waals surface area contributed by atoms with Crippen molar-refractivity contribution in [2.75, 3.05) is 24.3 Å². The maximum Gasteiger partial charge on any atom is 0.135 e. The molecule has 0 bridgehead atoms. The van der Waals surface area contributed by atoms with Crippen LogP contribution in [0.2, 0.25) is 5.15 Å². The quantitative estimate of drug-likeness (QED) is 0.876. The van der Waals surface area contributed by atoms with E-state index in [9.17, 15) is 0 Å². The van der Waals surface area contributed by atoms with E-state index in [1.54, 1.807) is 12.3 Å². The maximum atomic E-state index is 6.04. The molecule has 2 heterocycles. The van der Waals surface area contributed by atoms with Gasteiger partial charge in [-0.15, -0.1) is 0 Å². The molecule has 104 valence electrons. The third kappa shape index (κ3) is 2.99. The summed E-state index contributed by atoms with van der Waals surface area (Å²) >= 11 is 6.04. The van der Waals surface area contributed by atoms with Crippen LogP contribution < -0.4 is 10.2 Å². The molecule has 1 N–H and O–H groups in total. The van der Waals surface area contributed by atoms with Crippen LogP contribution in [0.4, 0.5) is 17.3 Å². The molecule has 0 atom stereocenters. The van der Waals surface area contributed by atoms with Gasteiger partial charge in [-0.25, -0.2) is 15.0 Å². The van der Waals surface area contributed by atoms with Gasteiger partial charge in [0.2, 0.25) is 0 Å². The highest BCUT2D eigenvalue weighted by molar-refractivity contribution is 6.29. The molecule has 2 aromatic heterocycles.